The fraction of sp³-hybridized carbons (Fsp3) is 0.188. The van der Waals surface area contributed by atoms with Gasteiger partial charge in [0.25, 0.3) is 0 Å². The molecule has 0 spiro atoms. The van der Waals surface area contributed by atoms with Gasteiger partial charge < -0.3 is 0 Å². The summed E-state index contributed by atoms with van der Waals surface area (Å²) in [5, 5.41) is 1.17. The monoisotopic (exact) mass is 251 g/mol. The molecule has 0 N–H and O–H groups in total. The van der Waals surface area contributed by atoms with E-state index in [0.717, 1.165) is 11.2 Å². The van der Waals surface area contributed by atoms with Crippen LogP contribution in [0.25, 0.3) is 17.0 Å². The second-order valence-electron chi connectivity index (χ2n) is 5.28. The zero-order valence-electron chi connectivity index (χ0n) is 11.1. The number of benzene rings is 1. The first-order valence-electron chi connectivity index (χ1n) is 6.10. The molecular weight excluding hydrogens is 234 g/mol. The molecule has 0 saturated carbocycles. The molecule has 0 bridgehead atoms. The van der Waals surface area contributed by atoms with Crippen LogP contribution in [0.15, 0.2) is 42.5 Å². The number of hydrogen-bond acceptors (Lipinski definition) is 1. The van der Waals surface area contributed by atoms with Crippen molar-refractivity contribution < 1.29 is 0 Å². The number of aromatic nitrogens is 1. The third kappa shape index (κ3) is 3.58. The molecule has 0 aliphatic heterocycles. The van der Waals surface area contributed by atoms with Crippen molar-refractivity contribution in [1.82, 2.24) is 4.98 Å². The summed E-state index contributed by atoms with van der Waals surface area (Å²) in [5.41, 5.74) is 5.29. The molecule has 0 unspecified atom stereocenters. The number of allylic oxidation sites excluding steroid dienone is 1. The van der Waals surface area contributed by atoms with Crippen LogP contribution in [0.1, 0.15) is 5.69 Å². The molecule has 2 aromatic rings. The van der Waals surface area contributed by atoms with E-state index in [1.54, 1.807) is 0 Å². The van der Waals surface area contributed by atoms with Gasteiger partial charge in [0.1, 0.15) is 8.07 Å². The van der Waals surface area contributed by atoms with Crippen LogP contribution in [0.2, 0.25) is 19.6 Å². The lowest BCUT2D eigenvalue weighted by Gasteiger charge is -2.02. The fourth-order valence-electron chi connectivity index (χ4n) is 1.56. The quantitative estimate of drug-likeness (QED) is 0.548. The molecule has 0 radical (unpaired) electrons. The molecule has 0 atom stereocenters. The van der Waals surface area contributed by atoms with Crippen LogP contribution < -0.4 is 0 Å². The molecule has 1 aromatic heterocycles. The maximum absolute atomic E-state index is 4.57. The Labute approximate surface area is 110 Å². The largest absolute Gasteiger partial charge is 0.248 e. The Balaban J connectivity index is 2.21. The molecule has 0 aliphatic carbocycles. The Morgan fingerprint density at radius 2 is 1.83 bits per heavy atom. The zero-order chi connectivity index (χ0) is 13.0. The van der Waals surface area contributed by atoms with Crippen molar-refractivity contribution in [3.63, 3.8) is 0 Å². The van der Waals surface area contributed by atoms with Gasteiger partial charge in [-0.25, -0.2) is 4.98 Å². The number of para-hydroxylation sites is 1. The third-order valence-electron chi connectivity index (χ3n) is 2.40. The molecule has 1 aromatic carbocycles. The lowest BCUT2D eigenvalue weighted by atomic mass is 10.2. The third-order valence-corrected chi connectivity index (χ3v) is 3.30. The van der Waals surface area contributed by atoms with Crippen molar-refractivity contribution in [3.8, 4) is 11.5 Å². The van der Waals surface area contributed by atoms with Crippen LogP contribution in [0.3, 0.4) is 0 Å². The van der Waals surface area contributed by atoms with E-state index in [9.17, 15) is 0 Å². The summed E-state index contributed by atoms with van der Waals surface area (Å²) >= 11 is 0. The molecule has 2 heteroatoms. The average Bonchev–Trinajstić information content (AvgIpc) is 2.33. The fourth-order valence-corrected chi connectivity index (χ4v) is 2.08. The average molecular weight is 251 g/mol. The van der Waals surface area contributed by atoms with Crippen LogP contribution >= 0.6 is 0 Å². The Hall–Kier alpha value is -1.85. The summed E-state index contributed by atoms with van der Waals surface area (Å²) in [7, 11) is -1.27. The molecular formula is C16H17NSi. The predicted molar refractivity (Wildman–Crippen MR) is 81.9 cm³/mol. The molecule has 90 valence electrons. The molecule has 0 amide bonds. The Morgan fingerprint density at radius 3 is 2.61 bits per heavy atom. The first-order chi connectivity index (χ1) is 8.54. The van der Waals surface area contributed by atoms with Gasteiger partial charge in [-0.1, -0.05) is 49.8 Å². The van der Waals surface area contributed by atoms with Crippen LogP contribution in [0, 0.1) is 11.5 Å². The summed E-state index contributed by atoms with van der Waals surface area (Å²) in [6.45, 7) is 6.71. The van der Waals surface area contributed by atoms with E-state index in [1.807, 2.05) is 36.4 Å². The van der Waals surface area contributed by atoms with E-state index in [1.165, 1.54) is 5.39 Å². The highest BCUT2D eigenvalue weighted by Crippen LogP contribution is 2.12. The van der Waals surface area contributed by atoms with Gasteiger partial charge in [0, 0.05) is 5.39 Å². The Kier molecular flexibility index (Phi) is 3.64. The van der Waals surface area contributed by atoms with Gasteiger partial charge >= 0.3 is 0 Å². The second kappa shape index (κ2) is 5.20. The Morgan fingerprint density at radius 1 is 1.06 bits per heavy atom. The highest BCUT2D eigenvalue weighted by molar-refractivity contribution is 6.83. The van der Waals surface area contributed by atoms with Gasteiger partial charge in [-0.3, -0.25) is 0 Å². The van der Waals surface area contributed by atoms with Gasteiger partial charge in [0.05, 0.1) is 11.2 Å². The minimum absolute atomic E-state index is 0.957. The van der Waals surface area contributed by atoms with E-state index in [4.69, 9.17) is 0 Å². The minimum Gasteiger partial charge on any atom is -0.248 e. The van der Waals surface area contributed by atoms with Gasteiger partial charge in [0.2, 0.25) is 0 Å². The van der Waals surface area contributed by atoms with Crippen molar-refractivity contribution in [2.45, 2.75) is 19.6 Å². The smallest absolute Gasteiger partial charge is 0.129 e. The summed E-state index contributed by atoms with van der Waals surface area (Å²) in [4.78, 5) is 4.57. The molecule has 1 heterocycles. The van der Waals surface area contributed by atoms with Gasteiger partial charge in [-0.15, -0.1) is 5.54 Å². The Bertz CT molecular complexity index is 639. The summed E-state index contributed by atoms with van der Waals surface area (Å²) in [6, 6.07) is 12.2. The molecule has 2 rings (SSSR count). The normalized spacial score (nSPS) is 11.5. The summed E-state index contributed by atoms with van der Waals surface area (Å²) in [5.74, 6) is 3.11. The van der Waals surface area contributed by atoms with Crippen molar-refractivity contribution in [1.29, 1.82) is 0 Å². The van der Waals surface area contributed by atoms with Gasteiger partial charge in [-0.2, -0.15) is 0 Å². The van der Waals surface area contributed by atoms with Crippen molar-refractivity contribution in [3.05, 3.63) is 48.2 Å². The SMILES string of the molecule is C[Si](C)(C)C#CC=Cc1ccc2ccccc2n1. The number of nitrogens with zero attached hydrogens (tertiary/aromatic N) is 1. The van der Waals surface area contributed by atoms with E-state index < -0.39 is 8.07 Å². The van der Waals surface area contributed by atoms with Gasteiger partial charge in [-0.05, 0) is 24.3 Å². The molecule has 0 aliphatic rings. The zero-order valence-corrected chi connectivity index (χ0v) is 12.1. The topological polar surface area (TPSA) is 12.9 Å². The molecule has 18 heavy (non-hydrogen) atoms. The standard InChI is InChI=1S/C16H17NSi/c1-18(2,3)13-7-6-9-15-12-11-14-8-4-5-10-16(14)17-15/h4-6,8-12H,1-3H3. The molecule has 1 nitrogen and oxygen atoms in total. The van der Waals surface area contributed by atoms with E-state index in [-0.39, 0.29) is 0 Å². The minimum atomic E-state index is -1.27. The molecule has 0 saturated heterocycles. The van der Waals surface area contributed by atoms with Crippen LogP contribution in [-0.2, 0) is 0 Å². The summed E-state index contributed by atoms with van der Waals surface area (Å²) < 4.78 is 0. The van der Waals surface area contributed by atoms with Crippen molar-refractivity contribution in [2.75, 3.05) is 0 Å². The number of rotatable bonds is 1. The maximum atomic E-state index is 4.57. The lowest BCUT2D eigenvalue weighted by molar-refractivity contribution is 1.37. The molecule has 0 fully saturated rings. The van der Waals surface area contributed by atoms with Crippen molar-refractivity contribution >= 4 is 25.1 Å². The van der Waals surface area contributed by atoms with Crippen LogP contribution in [-0.4, -0.2) is 13.1 Å². The number of pyridine rings is 1. The lowest BCUT2D eigenvalue weighted by Crippen LogP contribution is -2.16. The highest BCUT2D eigenvalue weighted by Gasteiger charge is 2.06. The van der Waals surface area contributed by atoms with Crippen LogP contribution in [0.5, 0.6) is 0 Å². The van der Waals surface area contributed by atoms with E-state index in [0.29, 0.717) is 0 Å². The van der Waals surface area contributed by atoms with Crippen LogP contribution in [0.4, 0.5) is 0 Å². The first-order valence-corrected chi connectivity index (χ1v) is 9.60. The summed E-state index contributed by atoms with van der Waals surface area (Å²) in [6.07, 6.45) is 3.87. The maximum Gasteiger partial charge on any atom is 0.129 e. The first kappa shape index (κ1) is 12.6. The number of fused-ring (bicyclic) bond motifs is 1. The highest BCUT2D eigenvalue weighted by atomic mass is 28.3. The van der Waals surface area contributed by atoms with E-state index in [2.05, 4.69) is 48.2 Å². The predicted octanol–water partition coefficient (Wildman–Crippen LogP) is 4.13. The van der Waals surface area contributed by atoms with Crippen molar-refractivity contribution in [2.24, 2.45) is 0 Å². The van der Waals surface area contributed by atoms with E-state index >= 15 is 0 Å². The second-order valence-corrected chi connectivity index (χ2v) is 10.0. The van der Waals surface area contributed by atoms with Gasteiger partial charge in [0.15, 0.2) is 0 Å². The number of hydrogen-bond donors (Lipinski definition) is 0.